The van der Waals surface area contributed by atoms with Gasteiger partial charge in [0.05, 0.1) is 24.8 Å². The minimum absolute atomic E-state index is 0.0697. The standard InChI is InChI=1S/C35H38BrN3O6S/c1-24-16-25(2)18-29(17-24)39(46(42,43)30-14-15-32(44-4)33(21-30)45-5)23-34(40)38(22-27-12-9-13-28(36)19-27)31(35(41)37-3)20-26-10-7-6-8-11-26/h6-19,21,31H,20,22-23H2,1-5H3,(H,37,41)/t31-/m0/s1. The van der Waals surface area contributed by atoms with Gasteiger partial charge in [0.25, 0.3) is 10.0 Å². The molecule has 0 saturated heterocycles. The zero-order valence-corrected chi connectivity index (χ0v) is 28.9. The Bertz CT molecular complexity index is 1780. The molecule has 0 aliphatic heterocycles. The van der Waals surface area contributed by atoms with Crippen molar-refractivity contribution in [2.45, 2.75) is 37.8 Å². The quantitative estimate of drug-likeness (QED) is 0.192. The van der Waals surface area contributed by atoms with E-state index in [1.807, 2.05) is 74.5 Å². The minimum atomic E-state index is -4.32. The molecule has 0 bridgehead atoms. The first-order chi connectivity index (χ1) is 22.0. The highest BCUT2D eigenvalue weighted by atomic mass is 79.9. The molecular weight excluding hydrogens is 670 g/mol. The van der Waals surface area contributed by atoms with Crippen molar-refractivity contribution in [3.8, 4) is 11.5 Å². The van der Waals surface area contributed by atoms with Gasteiger partial charge in [-0.1, -0.05) is 64.5 Å². The second kappa shape index (κ2) is 15.3. The lowest BCUT2D eigenvalue weighted by molar-refractivity contribution is -0.139. The van der Waals surface area contributed by atoms with Crippen molar-refractivity contribution >= 4 is 43.5 Å². The van der Waals surface area contributed by atoms with Gasteiger partial charge in [-0.05, 0) is 72.5 Å². The fraction of sp³-hybridized carbons (Fsp3) is 0.257. The van der Waals surface area contributed by atoms with E-state index in [1.54, 1.807) is 12.1 Å². The summed E-state index contributed by atoms with van der Waals surface area (Å²) >= 11 is 3.49. The molecule has 0 unspecified atom stereocenters. The van der Waals surface area contributed by atoms with E-state index in [0.29, 0.717) is 11.4 Å². The van der Waals surface area contributed by atoms with E-state index >= 15 is 0 Å². The van der Waals surface area contributed by atoms with Crippen LogP contribution in [0.4, 0.5) is 5.69 Å². The number of carbonyl (C=O) groups excluding carboxylic acids is 2. The summed E-state index contributed by atoms with van der Waals surface area (Å²) in [6.07, 6.45) is 0.228. The fourth-order valence-corrected chi connectivity index (χ4v) is 7.14. The number of likely N-dealkylation sites (N-methyl/N-ethyl adjacent to an activating group) is 1. The number of hydrogen-bond donors (Lipinski definition) is 1. The van der Waals surface area contributed by atoms with Gasteiger partial charge in [0.15, 0.2) is 11.5 Å². The van der Waals surface area contributed by atoms with Crippen LogP contribution in [0.5, 0.6) is 11.5 Å². The molecular formula is C35H38BrN3O6S. The Morgan fingerprint density at radius 2 is 1.48 bits per heavy atom. The molecule has 0 aliphatic carbocycles. The minimum Gasteiger partial charge on any atom is -0.493 e. The molecule has 0 aliphatic rings. The lowest BCUT2D eigenvalue weighted by atomic mass is 10.0. The van der Waals surface area contributed by atoms with Crippen LogP contribution in [-0.4, -0.2) is 59.0 Å². The van der Waals surface area contributed by atoms with Crippen LogP contribution in [0.1, 0.15) is 22.3 Å². The monoisotopic (exact) mass is 707 g/mol. The molecule has 242 valence electrons. The Labute approximate surface area is 279 Å². The predicted octanol–water partition coefficient (Wildman–Crippen LogP) is 5.66. The molecule has 4 aromatic rings. The maximum absolute atomic E-state index is 14.5. The molecule has 1 atom stereocenters. The summed E-state index contributed by atoms with van der Waals surface area (Å²) in [7, 11) is 0.0823. The van der Waals surface area contributed by atoms with Crippen LogP contribution in [0.15, 0.2) is 100 Å². The highest BCUT2D eigenvalue weighted by Gasteiger charge is 2.35. The van der Waals surface area contributed by atoms with Crippen LogP contribution >= 0.6 is 15.9 Å². The SMILES string of the molecule is CNC(=O)[C@H](Cc1ccccc1)N(Cc1cccc(Br)c1)C(=O)CN(c1cc(C)cc(C)c1)S(=O)(=O)c1ccc(OC)c(OC)c1. The number of rotatable bonds is 13. The Morgan fingerprint density at radius 3 is 2.09 bits per heavy atom. The van der Waals surface area contributed by atoms with Gasteiger partial charge in [-0.3, -0.25) is 13.9 Å². The summed E-state index contributed by atoms with van der Waals surface area (Å²) in [6, 6.07) is 25.6. The van der Waals surface area contributed by atoms with Crippen molar-refractivity contribution in [1.82, 2.24) is 10.2 Å². The Morgan fingerprint density at radius 1 is 0.826 bits per heavy atom. The van der Waals surface area contributed by atoms with Crippen molar-refractivity contribution in [2.24, 2.45) is 0 Å². The van der Waals surface area contributed by atoms with Gasteiger partial charge in [0, 0.05) is 30.6 Å². The summed E-state index contributed by atoms with van der Waals surface area (Å²) in [4.78, 5) is 29.3. The number of aryl methyl sites for hydroxylation is 2. The van der Waals surface area contributed by atoms with Gasteiger partial charge in [-0.15, -0.1) is 0 Å². The largest absolute Gasteiger partial charge is 0.493 e. The second-order valence-electron chi connectivity index (χ2n) is 10.8. The van der Waals surface area contributed by atoms with Crippen molar-refractivity contribution in [1.29, 1.82) is 0 Å². The number of methoxy groups -OCH3 is 2. The Kier molecular flexibility index (Phi) is 11.5. The number of nitrogens with zero attached hydrogens (tertiary/aromatic N) is 2. The first kappa shape index (κ1) is 34.5. The van der Waals surface area contributed by atoms with Crippen LogP contribution in [0.3, 0.4) is 0 Å². The van der Waals surface area contributed by atoms with Crippen LogP contribution < -0.4 is 19.1 Å². The third-order valence-corrected chi connectivity index (χ3v) is 9.74. The maximum Gasteiger partial charge on any atom is 0.264 e. The number of ether oxygens (including phenoxy) is 2. The first-order valence-electron chi connectivity index (χ1n) is 14.6. The van der Waals surface area contributed by atoms with E-state index in [1.165, 1.54) is 44.4 Å². The molecule has 0 radical (unpaired) electrons. The Hall–Kier alpha value is -4.35. The van der Waals surface area contributed by atoms with E-state index in [2.05, 4.69) is 21.2 Å². The van der Waals surface area contributed by atoms with Gasteiger partial charge < -0.3 is 19.7 Å². The molecule has 9 nitrogen and oxygen atoms in total. The van der Waals surface area contributed by atoms with Gasteiger partial charge in [0.1, 0.15) is 12.6 Å². The van der Waals surface area contributed by atoms with Crippen LogP contribution in [-0.2, 0) is 32.6 Å². The number of halogens is 1. The van der Waals surface area contributed by atoms with Gasteiger partial charge in [0.2, 0.25) is 11.8 Å². The molecule has 0 heterocycles. The summed E-state index contributed by atoms with van der Waals surface area (Å²) in [5, 5.41) is 2.70. The van der Waals surface area contributed by atoms with Crippen molar-refractivity contribution in [3.05, 3.63) is 118 Å². The zero-order chi connectivity index (χ0) is 33.4. The number of carbonyl (C=O) groups is 2. The van der Waals surface area contributed by atoms with Crippen molar-refractivity contribution in [2.75, 3.05) is 32.1 Å². The number of nitrogens with one attached hydrogen (secondary N) is 1. The number of benzene rings is 4. The maximum atomic E-state index is 14.5. The van der Waals surface area contributed by atoms with E-state index in [-0.39, 0.29) is 29.5 Å². The normalized spacial score (nSPS) is 11.8. The Balaban J connectivity index is 1.84. The van der Waals surface area contributed by atoms with E-state index in [9.17, 15) is 18.0 Å². The topological polar surface area (TPSA) is 105 Å². The third kappa shape index (κ3) is 8.27. The average Bonchev–Trinajstić information content (AvgIpc) is 3.04. The van der Waals surface area contributed by atoms with Gasteiger partial charge in [-0.25, -0.2) is 8.42 Å². The van der Waals surface area contributed by atoms with Crippen LogP contribution in [0.2, 0.25) is 0 Å². The average molecular weight is 709 g/mol. The molecule has 46 heavy (non-hydrogen) atoms. The number of hydrogen-bond acceptors (Lipinski definition) is 6. The van der Waals surface area contributed by atoms with E-state index in [4.69, 9.17) is 9.47 Å². The molecule has 0 saturated carbocycles. The van der Waals surface area contributed by atoms with Crippen molar-refractivity contribution in [3.63, 3.8) is 0 Å². The van der Waals surface area contributed by atoms with Crippen molar-refractivity contribution < 1.29 is 27.5 Å². The summed E-state index contributed by atoms with van der Waals surface area (Å²) < 4.78 is 41.4. The van der Waals surface area contributed by atoms with Crippen LogP contribution in [0, 0.1) is 13.8 Å². The highest BCUT2D eigenvalue weighted by molar-refractivity contribution is 9.10. The lowest BCUT2D eigenvalue weighted by Crippen LogP contribution is -2.53. The lowest BCUT2D eigenvalue weighted by Gasteiger charge is -2.33. The molecule has 1 N–H and O–H groups in total. The van der Waals surface area contributed by atoms with E-state index in [0.717, 1.165) is 31.0 Å². The molecule has 2 amide bonds. The molecule has 0 fully saturated rings. The second-order valence-corrected chi connectivity index (χ2v) is 13.6. The zero-order valence-electron chi connectivity index (χ0n) is 26.5. The smallest absolute Gasteiger partial charge is 0.264 e. The molecule has 4 rings (SSSR count). The predicted molar refractivity (Wildman–Crippen MR) is 183 cm³/mol. The fourth-order valence-electron chi connectivity index (χ4n) is 5.28. The van der Waals surface area contributed by atoms with Gasteiger partial charge >= 0.3 is 0 Å². The summed E-state index contributed by atoms with van der Waals surface area (Å²) in [5.41, 5.74) is 3.60. The number of sulfonamides is 1. The summed E-state index contributed by atoms with van der Waals surface area (Å²) in [6.45, 7) is 3.23. The highest BCUT2D eigenvalue weighted by Crippen LogP contribution is 2.33. The molecule has 0 aromatic heterocycles. The third-order valence-electron chi connectivity index (χ3n) is 7.48. The van der Waals surface area contributed by atoms with E-state index < -0.39 is 28.5 Å². The number of anilines is 1. The first-order valence-corrected chi connectivity index (χ1v) is 16.8. The number of amides is 2. The van der Waals surface area contributed by atoms with Crippen LogP contribution in [0.25, 0.3) is 0 Å². The molecule has 0 spiro atoms. The summed E-state index contributed by atoms with van der Waals surface area (Å²) in [5.74, 6) is -0.320. The van der Waals surface area contributed by atoms with Gasteiger partial charge in [-0.2, -0.15) is 0 Å². The molecule has 4 aromatic carbocycles. The molecule has 11 heteroatoms.